The Morgan fingerprint density at radius 1 is 1.33 bits per heavy atom. The lowest BCUT2D eigenvalue weighted by Gasteiger charge is -2.37. The van der Waals surface area contributed by atoms with E-state index in [1.165, 1.54) is 30.6 Å². The van der Waals surface area contributed by atoms with Crippen LogP contribution < -0.4 is 5.32 Å². The summed E-state index contributed by atoms with van der Waals surface area (Å²) in [4.78, 5) is 0. The van der Waals surface area contributed by atoms with Crippen molar-refractivity contribution in [2.45, 2.75) is 44.6 Å². The maximum atomic E-state index is 3.74. The van der Waals surface area contributed by atoms with Crippen molar-refractivity contribution >= 4 is 11.8 Å². The Bertz CT molecular complexity index is 386. The summed E-state index contributed by atoms with van der Waals surface area (Å²) in [6, 6.07) is 9.54. The van der Waals surface area contributed by atoms with Crippen molar-refractivity contribution in [2.75, 3.05) is 18.6 Å². The van der Waals surface area contributed by atoms with Gasteiger partial charge in [-0.1, -0.05) is 38.1 Å². The quantitative estimate of drug-likeness (QED) is 0.801. The molecule has 0 fully saturated rings. The number of rotatable bonds is 5. The minimum Gasteiger partial charge on any atom is -0.310 e. The Labute approximate surface area is 116 Å². The van der Waals surface area contributed by atoms with Gasteiger partial charge in [-0.15, -0.1) is 0 Å². The van der Waals surface area contributed by atoms with Crippen LogP contribution in [0, 0.1) is 0 Å². The number of benzene rings is 1. The highest BCUT2D eigenvalue weighted by atomic mass is 32.2. The molecule has 1 aromatic rings. The zero-order valence-electron chi connectivity index (χ0n) is 11.8. The fourth-order valence-corrected chi connectivity index (χ4v) is 3.35. The SMILES string of the molecule is CSCCCNC1CCC(C)(C)c2ccccc21. The van der Waals surface area contributed by atoms with Crippen molar-refractivity contribution in [3.63, 3.8) is 0 Å². The summed E-state index contributed by atoms with van der Waals surface area (Å²) in [6.07, 6.45) is 6.00. The number of thioether (sulfide) groups is 1. The summed E-state index contributed by atoms with van der Waals surface area (Å²) in [5, 5.41) is 3.74. The molecule has 18 heavy (non-hydrogen) atoms. The Morgan fingerprint density at radius 2 is 2.11 bits per heavy atom. The van der Waals surface area contributed by atoms with Gasteiger partial charge < -0.3 is 5.32 Å². The van der Waals surface area contributed by atoms with Crippen LogP contribution in [-0.2, 0) is 5.41 Å². The minimum atomic E-state index is 0.341. The molecule has 1 aromatic carbocycles. The standard InChI is InChI=1S/C16H25NS/c1-16(2)10-9-15(17-11-6-12-18-3)13-7-4-5-8-14(13)16/h4-5,7-8,15,17H,6,9-12H2,1-3H3. The van der Waals surface area contributed by atoms with Gasteiger partial charge in [-0.25, -0.2) is 0 Å². The average molecular weight is 263 g/mol. The van der Waals surface area contributed by atoms with Gasteiger partial charge in [0.2, 0.25) is 0 Å². The van der Waals surface area contributed by atoms with Gasteiger partial charge in [0.1, 0.15) is 0 Å². The van der Waals surface area contributed by atoms with Gasteiger partial charge in [0, 0.05) is 6.04 Å². The minimum absolute atomic E-state index is 0.341. The number of fused-ring (bicyclic) bond motifs is 1. The Kier molecular flexibility index (Phi) is 4.74. The summed E-state index contributed by atoms with van der Waals surface area (Å²) in [5.41, 5.74) is 3.41. The van der Waals surface area contributed by atoms with Crippen LogP contribution in [0.2, 0.25) is 0 Å². The molecular weight excluding hydrogens is 238 g/mol. The van der Waals surface area contributed by atoms with Gasteiger partial charge in [0.15, 0.2) is 0 Å². The third-order valence-corrected chi connectivity index (χ3v) is 4.74. The average Bonchev–Trinajstić information content (AvgIpc) is 2.37. The largest absolute Gasteiger partial charge is 0.310 e. The van der Waals surface area contributed by atoms with Crippen molar-refractivity contribution in [1.82, 2.24) is 5.32 Å². The molecule has 0 radical (unpaired) electrons. The molecule has 0 saturated heterocycles. The molecule has 1 N–H and O–H groups in total. The normalized spacial score (nSPS) is 21.6. The van der Waals surface area contributed by atoms with E-state index in [2.05, 4.69) is 49.7 Å². The molecule has 1 aliphatic carbocycles. The molecule has 1 nitrogen and oxygen atoms in total. The molecule has 1 unspecified atom stereocenters. The molecular formula is C16H25NS. The molecule has 100 valence electrons. The van der Waals surface area contributed by atoms with Crippen molar-refractivity contribution in [1.29, 1.82) is 0 Å². The van der Waals surface area contributed by atoms with E-state index in [4.69, 9.17) is 0 Å². The molecule has 0 bridgehead atoms. The second kappa shape index (κ2) is 6.12. The summed E-state index contributed by atoms with van der Waals surface area (Å²) in [5.74, 6) is 1.26. The highest BCUT2D eigenvalue weighted by Crippen LogP contribution is 2.41. The second-order valence-electron chi connectivity index (χ2n) is 5.86. The van der Waals surface area contributed by atoms with Crippen LogP contribution in [-0.4, -0.2) is 18.6 Å². The van der Waals surface area contributed by atoms with E-state index in [0.29, 0.717) is 11.5 Å². The molecule has 2 rings (SSSR count). The highest BCUT2D eigenvalue weighted by Gasteiger charge is 2.31. The van der Waals surface area contributed by atoms with E-state index < -0.39 is 0 Å². The van der Waals surface area contributed by atoms with Crippen LogP contribution in [0.1, 0.15) is 50.3 Å². The topological polar surface area (TPSA) is 12.0 Å². The van der Waals surface area contributed by atoms with E-state index in [9.17, 15) is 0 Å². The summed E-state index contributed by atoms with van der Waals surface area (Å²) in [6.45, 7) is 5.88. The number of hydrogen-bond acceptors (Lipinski definition) is 2. The van der Waals surface area contributed by atoms with Crippen LogP contribution in [0.4, 0.5) is 0 Å². The first-order chi connectivity index (χ1) is 8.65. The monoisotopic (exact) mass is 263 g/mol. The maximum Gasteiger partial charge on any atom is 0.0323 e. The summed E-state index contributed by atoms with van der Waals surface area (Å²) in [7, 11) is 0. The van der Waals surface area contributed by atoms with Crippen LogP contribution >= 0.6 is 11.8 Å². The van der Waals surface area contributed by atoms with Crippen molar-refractivity contribution in [2.24, 2.45) is 0 Å². The third kappa shape index (κ3) is 3.10. The highest BCUT2D eigenvalue weighted by molar-refractivity contribution is 7.98. The van der Waals surface area contributed by atoms with E-state index >= 15 is 0 Å². The lowest BCUT2D eigenvalue weighted by atomic mass is 9.71. The maximum absolute atomic E-state index is 3.74. The first-order valence-corrected chi connectivity index (χ1v) is 8.36. The van der Waals surface area contributed by atoms with Crippen molar-refractivity contribution in [3.8, 4) is 0 Å². The summed E-state index contributed by atoms with van der Waals surface area (Å²) >= 11 is 1.93. The van der Waals surface area contributed by atoms with E-state index in [-0.39, 0.29) is 0 Å². The zero-order valence-corrected chi connectivity index (χ0v) is 12.6. The zero-order chi connectivity index (χ0) is 13.0. The van der Waals surface area contributed by atoms with Crippen LogP contribution in [0.15, 0.2) is 24.3 Å². The molecule has 0 aliphatic heterocycles. The first-order valence-electron chi connectivity index (χ1n) is 6.97. The Balaban J connectivity index is 2.06. The Hall–Kier alpha value is -0.470. The molecule has 0 saturated carbocycles. The van der Waals surface area contributed by atoms with Crippen LogP contribution in [0.5, 0.6) is 0 Å². The van der Waals surface area contributed by atoms with E-state index in [0.717, 1.165) is 6.54 Å². The van der Waals surface area contributed by atoms with E-state index in [1.807, 2.05) is 11.8 Å². The predicted octanol–water partition coefficient (Wildman–Crippen LogP) is 4.14. The second-order valence-corrected chi connectivity index (χ2v) is 6.85. The van der Waals surface area contributed by atoms with E-state index in [1.54, 1.807) is 5.56 Å². The van der Waals surface area contributed by atoms with Crippen molar-refractivity contribution in [3.05, 3.63) is 35.4 Å². The Morgan fingerprint density at radius 3 is 2.89 bits per heavy atom. The van der Waals surface area contributed by atoms with Crippen LogP contribution in [0.25, 0.3) is 0 Å². The molecule has 1 atom stereocenters. The fraction of sp³-hybridized carbons (Fsp3) is 0.625. The first kappa shape index (κ1) is 14.0. The number of nitrogens with one attached hydrogen (secondary N) is 1. The van der Waals surface area contributed by atoms with Gasteiger partial charge in [-0.3, -0.25) is 0 Å². The molecule has 0 heterocycles. The molecule has 1 aliphatic rings. The predicted molar refractivity (Wildman–Crippen MR) is 82.4 cm³/mol. The lowest BCUT2D eigenvalue weighted by molar-refractivity contribution is 0.359. The molecule has 0 aromatic heterocycles. The fourth-order valence-electron chi connectivity index (χ4n) is 2.92. The smallest absolute Gasteiger partial charge is 0.0323 e. The van der Waals surface area contributed by atoms with Gasteiger partial charge in [-0.05, 0) is 54.4 Å². The van der Waals surface area contributed by atoms with Gasteiger partial charge >= 0.3 is 0 Å². The number of hydrogen-bond donors (Lipinski definition) is 1. The molecule has 0 spiro atoms. The van der Waals surface area contributed by atoms with Gasteiger partial charge in [-0.2, -0.15) is 11.8 Å². The van der Waals surface area contributed by atoms with Gasteiger partial charge in [0.25, 0.3) is 0 Å². The molecule has 2 heteroatoms. The van der Waals surface area contributed by atoms with Crippen molar-refractivity contribution < 1.29 is 0 Å². The van der Waals surface area contributed by atoms with Crippen LogP contribution in [0.3, 0.4) is 0 Å². The molecule has 0 amide bonds. The summed E-state index contributed by atoms with van der Waals surface area (Å²) < 4.78 is 0. The third-order valence-electron chi connectivity index (χ3n) is 4.04. The lowest BCUT2D eigenvalue weighted by Crippen LogP contribution is -2.33. The van der Waals surface area contributed by atoms with Gasteiger partial charge in [0.05, 0.1) is 0 Å².